The molecule has 4 heterocycles. The summed E-state index contributed by atoms with van der Waals surface area (Å²) < 4.78 is 5.44. The summed E-state index contributed by atoms with van der Waals surface area (Å²) in [6, 6.07) is 0.200. The molecule has 1 atom stereocenters. The summed E-state index contributed by atoms with van der Waals surface area (Å²) in [5, 5.41) is 9.95. The third kappa shape index (κ3) is 2.63. The second-order valence-corrected chi connectivity index (χ2v) is 7.71. The molecular formula is C17H18N6O2S. The highest BCUT2D eigenvalue weighted by Crippen LogP contribution is 2.39. The van der Waals surface area contributed by atoms with Crippen LogP contribution in [0.25, 0.3) is 10.2 Å². The fourth-order valence-corrected chi connectivity index (χ4v) is 4.32. The first-order valence-corrected chi connectivity index (χ1v) is 9.68. The molecule has 0 bridgehead atoms. The van der Waals surface area contributed by atoms with Crippen molar-refractivity contribution in [2.45, 2.75) is 44.7 Å². The zero-order valence-electron chi connectivity index (χ0n) is 14.3. The van der Waals surface area contributed by atoms with Gasteiger partial charge in [0.1, 0.15) is 23.0 Å². The van der Waals surface area contributed by atoms with Crippen molar-refractivity contribution < 1.29 is 9.32 Å². The molecule has 1 saturated heterocycles. The largest absolute Gasteiger partial charge is 0.346 e. The van der Waals surface area contributed by atoms with E-state index in [2.05, 4.69) is 42.6 Å². The molecule has 8 nitrogen and oxygen atoms in total. The highest BCUT2D eigenvalue weighted by molar-refractivity contribution is 7.17. The fourth-order valence-electron chi connectivity index (χ4n) is 3.43. The average Bonchev–Trinajstić information content (AvgIpc) is 3.07. The Kier molecular flexibility index (Phi) is 3.63. The molecule has 26 heavy (non-hydrogen) atoms. The van der Waals surface area contributed by atoms with E-state index in [1.807, 2.05) is 0 Å². The molecular weight excluding hydrogens is 352 g/mol. The lowest BCUT2D eigenvalue weighted by atomic mass is 10.2. The molecule has 1 amide bonds. The molecule has 0 aromatic carbocycles. The van der Waals surface area contributed by atoms with E-state index in [0.29, 0.717) is 5.89 Å². The lowest BCUT2D eigenvalue weighted by molar-refractivity contribution is 0.0937. The molecule has 134 valence electrons. The molecule has 1 N–H and O–H groups in total. The molecule has 1 unspecified atom stereocenters. The summed E-state index contributed by atoms with van der Waals surface area (Å²) in [5.41, 5.74) is 1.17. The fraction of sp³-hybridized carbons (Fsp3) is 0.471. The van der Waals surface area contributed by atoms with E-state index in [1.54, 1.807) is 17.7 Å². The molecule has 0 radical (unpaired) electrons. The standard InChI is InChI=1S/C17H18N6O2S/c1-9-7-26-17-12(9)14(18-8-19-17)23-6-2-3-11(23)16-21-13(22-25-16)15(24)20-10-4-5-10/h7-8,10-11H,2-6H2,1H3,(H,20,24). The van der Waals surface area contributed by atoms with Crippen LogP contribution in [0.4, 0.5) is 5.82 Å². The van der Waals surface area contributed by atoms with Crippen LogP contribution >= 0.6 is 11.3 Å². The minimum atomic E-state index is -0.259. The smallest absolute Gasteiger partial charge is 0.292 e. The van der Waals surface area contributed by atoms with Gasteiger partial charge in [0.15, 0.2) is 0 Å². The van der Waals surface area contributed by atoms with Crippen molar-refractivity contribution in [2.24, 2.45) is 0 Å². The van der Waals surface area contributed by atoms with Gasteiger partial charge in [-0.05, 0) is 43.6 Å². The Morgan fingerprint density at radius 3 is 3.08 bits per heavy atom. The lowest BCUT2D eigenvalue weighted by Gasteiger charge is -2.23. The minimum absolute atomic E-state index is 0.0672. The van der Waals surface area contributed by atoms with Gasteiger partial charge in [-0.15, -0.1) is 11.3 Å². The number of aromatic nitrogens is 4. The van der Waals surface area contributed by atoms with Crippen molar-refractivity contribution in [3.05, 3.63) is 29.0 Å². The summed E-state index contributed by atoms with van der Waals surface area (Å²) in [5.74, 6) is 1.23. The van der Waals surface area contributed by atoms with Gasteiger partial charge in [0, 0.05) is 12.6 Å². The molecule has 3 aromatic rings. The van der Waals surface area contributed by atoms with Gasteiger partial charge < -0.3 is 14.7 Å². The summed E-state index contributed by atoms with van der Waals surface area (Å²) in [7, 11) is 0. The number of fused-ring (bicyclic) bond motifs is 1. The molecule has 3 aromatic heterocycles. The van der Waals surface area contributed by atoms with E-state index >= 15 is 0 Å². The van der Waals surface area contributed by atoms with Gasteiger partial charge in [-0.2, -0.15) is 4.98 Å². The maximum atomic E-state index is 12.1. The van der Waals surface area contributed by atoms with Gasteiger partial charge in [-0.3, -0.25) is 4.79 Å². The number of carbonyl (C=O) groups excluding carboxylic acids is 1. The Morgan fingerprint density at radius 1 is 1.35 bits per heavy atom. The monoisotopic (exact) mass is 370 g/mol. The summed E-state index contributed by atoms with van der Waals surface area (Å²) >= 11 is 1.62. The van der Waals surface area contributed by atoms with Crippen molar-refractivity contribution in [1.82, 2.24) is 25.4 Å². The molecule has 9 heteroatoms. The van der Waals surface area contributed by atoms with Crippen molar-refractivity contribution in [2.75, 3.05) is 11.4 Å². The van der Waals surface area contributed by atoms with Crippen LogP contribution in [-0.2, 0) is 0 Å². The van der Waals surface area contributed by atoms with E-state index < -0.39 is 0 Å². The second kappa shape index (κ2) is 6.01. The third-order valence-corrected chi connectivity index (χ3v) is 5.91. The average molecular weight is 370 g/mol. The first kappa shape index (κ1) is 15.7. The summed E-state index contributed by atoms with van der Waals surface area (Å²) in [6.45, 7) is 2.93. The summed E-state index contributed by atoms with van der Waals surface area (Å²) in [4.78, 5) is 28.6. The Morgan fingerprint density at radius 2 is 2.23 bits per heavy atom. The van der Waals surface area contributed by atoms with Crippen LogP contribution in [0.2, 0.25) is 0 Å². The van der Waals surface area contributed by atoms with E-state index in [4.69, 9.17) is 4.52 Å². The first-order valence-electron chi connectivity index (χ1n) is 8.80. The van der Waals surface area contributed by atoms with Gasteiger partial charge in [0.2, 0.25) is 5.89 Å². The van der Waals surface area contributed by atoms with E-state index in [0.717, 1.165) is 48.3 Å². The van der Waals surface area contributed by atoms with Crippen molar-refractivity contribution in [3.63, 3.8) is 0 Å². The van der Waals surface area contributed by atoms with Crippen LogP contribution in [-0.4, -0.2) is 38.6 Å². The number of rotatable bonds is 4. The Balaban J connectivity index is 1.46. The van der Waals surface area contributed by atoms with Gasteiger partial charge in [-0.1, -0.05) is 5.16 Å². The predicted molar refractivity (Wildman–Crippen MR) is 96.3 cm³/mol. The SMILES string of the molecule is Cc1csc2ncnc(N3CCCC3c3nc(C(=O)NC4CC4)no3)c12. The first-order chi connectivity index (χ1) is 12.7. The number of amides is 1. The topological polar surface area (TPSA) is 97.0 Å². The Bertz CT molecular complexity index is 979. The van der Waals surface area contributed by atoms with E-state index in [-0.39, 0.29) is 23.8 Å². The van der Waals surface area contributed by atoms with Crippen LogP contribution in [0.1, 0.15) is 53.8 Å². The number of aryl methyl sites for hydroxylation is 1. The van der Waals surface area contributed by atoms with Crippen molar-refractivity contribution in [1.29, 1.82) is 0 Å². The van der Waals surface area contributed by atoms with Crippen LogP contribution in [0.3, 0.4) is 0 Å². The highest BCUT2D eigenvalue weighted by atomic mass is 32.1. The van der Waals surface area contributed by atoms with Gasteiger partial charge in [0.25, 0.3) is 11.7 Å². The number of nitrogens with zero attached hydrogens (tertiary/aromatic N) is 5. The molecule has 5 rings (SSSR count). The predicted octanol–water partition coefficient (Wildman–Crippen LogP) is 2.62. The molecule has 2 fully saturated rings. The van der Waals surface area contributed by atoms with E-state index in [1.165, 1.54) is 5.56 Å². The number of nitrogens with one attached hydrogen (secondary N) is 1. The number of anilines is 1. The molecule has 1 aliphatic carbocycles. The third-order valence-electron chi connectivity index (χ3n) is 4.90. The maximum absolute atomic E-state index is 12.1. The number of thiophene rings is 1. The number of carbonyl (C=O) groups is 1. The normalized spacial score (nSPS) is 20.0. The van der Waals surface area contributed by atoms with E-state index in [9.17, 15) is 4.79 Å². The lowest BCUT2D eigenvalue weighted by Crippen LogP contribution is -2.27. The molecule has 1 aliphatic heterocycles. The zero-order valence-corrected chi connectivity index (χ0v) is 15.1. The molecule has 0 spiro atoms. The number of hydrogen-bond acceptors (Lipinski definition) is 8. The van der Waals surface area contributed by atoms with Crippen LogP contribution in [0.15, 0.2) is 16.2 Å². The van der Waals surface area contributed by atoms with Gasteiger partial charge in [0.05, 0.1) is 5.39 Å². The zero-order chi connectivity index (χ0) is 17.7. The van der Waals surface area contributed by atoms with Crippen LogP contribution in [0.5, 0.6) is 0 Å². The Hall–Kier alpha value is -2.55. The molecule has 1 saturated carbocycles. The van der Waals surface area contributed by atoms with Crippen molar-refractivity contribution >= 4 is 33.3 Å². The minimum Gasteiger partial charge on any atom is -0.346 e. The number of hydrogen-bond donors (Lipinski definition) is 1. The van der Waals surface area contributed by atoms with Crippen LogP contribution < -0.4 is 10.2 Å². The summed E-state index contributed by atoms with van der Waals surface area (Å²) in [6.07, 6.45) is 5.55. The highest BCUT2D eigenvalue weighted by Gasteiger charge is 2.34. The Labute approximate surface area is 153 Å². The van der Waals surface area contributed by atoms with Crippen molar-refractivity contribution in [3.8, 4) is 0 Å². The quantitative estimate of drug-likeness (QED) is 0.754. The maximum Gasteiger partial charge on any atom is 0.292 e. The van der Waals surface area contributed by atoms with Gasteiger partial charge >= 0.3 is 0 Å². The molecule has 2 aliphatic rings. The second-order valence-electron chi connectivity index (χ2n) is 6.85. The van der Waals surface area contributed by atoms with Gasteiger partial charge in [-0.25, -0.2) is 9.97 Å². The van der Waals surface area contributed by atoms with Crippen LogP contribution in [0, 0.1) is 6.92 Å².